The molecule has 2 N–H and O–H groups in total. The fourth-order valence-electron chi connectivity index (χ4n) is 2.11. The Labute approximate surface area is 107 Å². The Bertz CT molecular complexity index is 575. The zero-order chi connectivity index (χ0) is 12.7. The molecule has 0 aliphatic carbocycles. The average Bonchev–Trinajstić information content (AvgIpc) is 2.88. The lowest BCUT2D eigenvalue weighted by Crippen LogP contribution is -2.24. The lowest BCUT2D eigenvalue weighted by molar-refractivity contribution is -0.0431. The van der Waals surface area contributed by atoms with Crippen LogP contribution in [0.4, 0.5) is 0 Å². The van der Waals surface area contributed by atoms with Crippen LogP contribution in [0.25, 0.3) is 11.2 Å². The van der Waals surface area contributed by atoms with Crippen LogP contribution in [0.15, 0.2) is 12.5 Å². The highest BCUT2D eigenvalue weighted by Gasteiger charge is 2.36. The second-order valence-corrected chi connectivity index (χ2v) is 4.44. The van der Waals surface area contributed by atoms with Crippen molar-refractivity contribution in [3.63, 3.8) is 0 Å². The lowest BCUT2D eigenvalue weighted by atomic mass is 10.2. The van der Waals surface area contributed by atoms with Crippen LogP contribution in [0, 0.1) is 0 Å². The molecular weight excluding hydrogens is 260 g/mol. The third-order valence-electron chi connectivity index (χ3n) is 2.98. The van der Waals surface area contributed by atoms with Crippen molar-refractivity contribution < 1.29 is 14.9 Å². The van der Waals surface area contributed by atoms with Gasteiger partial charge in [0.15, 0.2) is 5.65 Å². The highest BCUT2D eigenvalue weighted by Crippen LogP contribution is 2.33. The fourth-order valence-corrected chi connectivity index (χ4v) is 2.39. The Kier molecular flexibility index (Phi) is 2.90. The number of ether oxygens (including phenoxy) is 1. The molecule has 0 unspecified atom stereocenters. The van der Waals surface area contributed by atoms with E-state index in [0.29, 0.717) is 17.6 Å². The summed E-state index contributed by atoms with van der Waals surface area (Å²) in [5.74, 6) is 0. The Morgan fingerprint density at radius 3 is 3.11 bits per heavy atom. The van der Waals surface area contributed by atoms with Crippen molar-refractivity contribution in [2.45, 2.75) is 24.9 Å². The van der Waals surface area contributed by atoms with Crippen LogP contribution in [0.5, 0.6) is 0 Å². The quantitative estimate of drug-likeness (QED) is 0.753. The largest absolute Gasteiger partial charge is 0.394 e. The second kappa shape index (κ2) is 4.43. The van der Waals surface area contributed by atoms with E-state index in [1.807, 2.05) is 0 Å². The number of aliphatic hydroxyl groups is 2. The van der Waals surface area contributed by atoms with Gasteiger partial charge in [-0.05, 0) is 11.6 Å². The molecule has 2 aromatic rings. The van der Waals surface area contributed by atoms with E-state index in [4.69, 9.17) is 21.4 Å². The topological polar surface area (TPSA) is 93.3 Å². The third kappa shape index (κ3) is 1.76. The number of nitrogens with zero attached hydrogens (tertiary/aromatic N) is 4. The molecule has 0 bridgehead atoms. The number of hydrogen-bond donors (Lipinski definition) is 2. The maximum atomic E-state index is 9.73. The van der Waals surface area contributed by atoms with Gasteiger partial charge in [-0.2, -0.15) is 0 Å². The van der Waals surface area contributed by atoms with Gasteiger partial charge in [-0.15, -0.1) is 0 Å². The number of halogens is 1. The molecule has 1 saturated heterocycles. The van der Waals surface area contributed by atoms with Gasteiger partial charge in [0.05, 0.1) is 18.9 Å². The molecule has 0 spiro atoms. The molecule has 2 aromatic heterocycles. The van der Waals surface area contributed by atoms with Crippen LogP contribution >= 0.6 is 11.6 Å². The molecule has 18 heavy (non-hydrogen) atoms. The molecule has 8 heteroatoms. The first-order chi connectivity index (χ1) is 8.70. The molecule has 3 atom stereocenters. The molecule has 1 aliphatic heterocycles. The lowest BCUT2D eigenvalue weighted by Gasteiger charge is -2.14. The van der Waals surface area contributed by atoms with Gasteiger partial charge in [-0.3, -0.25) is 4.57 Å². The van der Waals surface area contributed by atoms with Crippen LogP contribution in [-0.2, 0) is 4.74 Å². The number of hydrogen-bond acceptors (Lipinski definition) is 6. The Balaban J connectivity index is 2.02. The number of imidazole rings is 1. The third-order valence-corrected chi connectivity index (χ3v) is 3.25. The average molecular weight is 271 g/mol. The Morgan fingerprint density at radius 2 is 2.39 bits per heavy atom. The van der Waals surface area contributed by atoms with E-state index in [1.165, 1.54) is 6.33 Å². The van der Waals surface area contributed by atoms with Gasteiger partial charge in [0, 0.05) is 6.42 Å². The molecule has 1 fully saturated rings. The summed E-state index contributed by atoms with van der Waals surface area (Å²) >= 11 is 6.05. The van der Waals surface area contributed by atoms with Crippen LogP contribution in [-0.4, -0.2) is 48.5 Å². The van der Waals surface area contributed by atoms with Crippen molar-refractivity contribution in [3.8, 4) is 0 Å². The Hall–Kier alpha value is -1.28. The second-order valence-electron chi connectivity index (χ2n) is 4.10. The van der Waals surface area contributed by atoms with Crippen LogP contribution in [0.2, 0.25) is 5.28 Å². The summed E-state index contributed by atoms with van der Waals surface area (Å²) in [4.78, 5) is 12.1. The molecule has 1 aliphatic rings. The van der Waals surface area contributed by atoms with Gasteiger partial charge in [0.2, 0.25) is 5.28 Å². The number of fused-ring (bicyclic) bond motifs is 1. The van der Waals surface area contributed by atoms with Crippen molar-refractivity contribution in [1.82, 2.24) is 19.5 Å². The first-order valence-corrected chi connectivity index (χ1v) is 5.86. The van der Waals surface area contributed by atoms with E-state index < -0.39 is 18.4 Å². The molecule has 3 rings (SSSR count). The van der Waals surface area contributed by atoms with Gasteiger partial charge in [0.1, 0.15) is 24.2 Å². The molecule has 96 valence electrons. The minimum absolute atomic E-state index is 0.223. The SMILES string of the molecule is OC[C@@H]1O[C@H](n2c(Cl)nc3cncnc32)C[C@H]1O. The summed E-state index contributed by atoms with van der Waals surface area (Å²) < 4.78 is 7.13. The van der Waals surface area contributed by atoms with E-state index in [0.717, 1.165) is 0 Å². The smallest absolute Gasteiger partial charge is 0.207 e. The van der Waals surface area contributed by atoms with Crippen LogP contribution in [0.1, 0.15) is 12.6 Å². The number of rotatable bonds is 2. The molecule has 0 saturated carbocycles. The van der Waals surface area contributed by atoms with E-state index in [9.17, 15) is 5.11 Å². The zero-order valence-corrected chi connectivity index (χ0v) is 10.0. The number of aromatic nitrogens is 4. The highest BCUT2D eigenvalue weighted by molar-refractivity contribution is 6.29. The highest BCUT2D eigenvalue weighted by atomic mass is 35.5. The maximum absolute atomic E-state index is 9.73. The van der Waals surface area contributed by atoms with Crippen molar-refractivity contribution >= 4 is 22.8 Å². The summed E-state index contributed by atoms with van der Waals surface area (Å²) in [5.41, 5.74) is 1.11. The molecule has 3 heterocycles. The normalized spacial score (nSPS) is 28.1. The van der Waals surface area contributed by atoms with Gasteiger partial charge < -0.3 is 14.9 Å². The first-order valence-electron chi connectivity index (χ1n) is 5.48. The van der Waals surface area contributed by atoms with Crippen LogP contribution < -0.4 is 0 Å². The monoisotopic (exact) mass is 270 g/mol. The summed E-state index contributed by atoms with van der Waals surface area (Å²) in [7, 11) is 0. The van der Waals surface area contributed by atoms with Gasteiger partial charge in [-0.1, -0.05) is 0 Å². The number of aliphatic hydroxyl groups excluding tert-OH is 2. The maximum Gasteiger partial charge on any atom is 0.207 e. The van der Waals surface area contributed by atoms with E-state index >= 15 is 0 Å². The fraction of sp³-hybridized carbons (Fsp3) is 0.500. The predicted molar refractivity (Wildman–Crippen MR) is 62.0 cm³/mol. The van der Waals surface area contributed by atoms with E-state index in [1.54, 1.807) is 10.8 Å². The van der Waals surface area contributed by atoms with Gasteiger partial charge >= 0.3 is 0 Å². The molecule has 0 aromatic carbocycles. The van der Waals surface area contributed by atoms with Crippen molar-refractivity contribution in [3.05, 3.63) is 17.8 Å². The van der Waals surface area contributed by atoms with Crippen molar-refractivity contribution in [1.29, 1.82) is 0 Å². The summed E-state index contributed by atoms with van der Waals surface area (Å²) in [6.07, 6.45) is 1.47. The van der Waals surface area contributed by atoms with Crippen molar-refractivity contribution in [2.24, 2.45) is 0 Å². The van der Waals surface area contributed by atoms with Gasteiger partial charge in [0.25, 0.3) is 0 Å². The minimum atomic E-state index is -0.727. The summed E-state index contributed by atoms with van der Waals surface area (Å²) in [6.45, 7) is -0.239. The van der Waals surface area contributed by atoms with E-state index in [-0.39, 0.29) is 11.9 Å². The first kappa shape index (κ1) is 11.8. The van der Waals surface area contributed by atoms with Gasteiger partial charge in [-0.25, -0.2) is 15.0 Å². The predicted octanol–water partition coefficient (Wildman–Crippen LogP) is 0.120. The molecular formula is C10H11ClN4O3. The standard InChI is InChI=1S/C10H11ClN4O3/c11-10-14-5-2-12-4-13-9(5)15(10)8-1-6(17)7(3-16)18-8/h2,4,6-8,16-17H,1,3H2/t6-,7+,8+/m1/s1. The summed E-state index contributed by atoms with van der Waals surface area (Å²) in [5, 5.41) is 19.0. The zero-order valence-electron chi connectivity index (χ0n) is 9.27. The minimum Gasteiger partial charge on any atom is -0.394 e. The summed E-state index contributed by atoms with van der Waals surface area (Å²) in [6, 6.07) is 0. The molecule has 0 amide bonds. The van der Waals surface area contributed by atoms with Crippen LogP contribution in [0.3, 0.4) is 0 Å². The van der Waals surface area contributed by atoms with E-state index in [2.05, 4.69) is 15.0 Å². The molecule has 7 nitrogen and oxygen atoms in total. The Morgan fingerprint density at radius 1 is 1.56 bits per heavy atom. The molecule has 0 radical (unpaired) electrons. The van der Waals surface area contributed by atoms with Crippen molar-refractivity contribution in [2.75, 3.05) is 6.61 Å².